The lowest BCUT2D eigenvalue weighted by atomic mass is 10.1. The second kappa shape index (κ2) is 7.87. The molecule has 2 aromatic rings. The van der Waals surface area contributed by atoms with Crippen LogP contribution < -0.4 is 5.32 Å². The molecule has 0 saturated heterocycles. The number of carbonyl (C=O) groups is 2. The van der Waals surface area contributed by atoms with Crippen LogP contribution >= 0.6 is 11.3 Å². The summed E-state index contributed by atoms with van der Waals surface area (Å²) in [6.45, 7) is 3.97. The van der Waals surface area contributed by atoms with Gasteiger partial charge in [-0.3, -0.25) is 9.59 Å². The Bertz CT molecular complexity index is 697. The number of likely N-dealkylation sites (N-methyl/N-ethyl adjacent to an activating group) is 1. The van der Waals surface area contributed by atoms with Crippen molar-refractivity contribution in [1.29, 1.82) is 0 Å². The van der Waals surface area contributed by atoms with Crippen LogP contribution in [-0.4, -0.2) is 35.3 Å². The van der Waals surface area contributed by atoms with Gasteiger partial charge in [-0.25, -0.2) is 4.98 Å². The molecule has 0 fully saturated rings. The van der Waals surface area contributed by atoms with Gasteiger partial charge in [0.05, 0.1) is 23.7 Å². The van der Waals surface area contributed by atoms with Crippen LogP contribution in [0.5, 0.6) is 0 Å². The van der Waals surface area contributed by atoms with E-state index in [-0.39, 0.29) is 24.8 Å². The van der Waals surface area contributed by atoms with Gasteiger partial charge in [0.15, 0.2) is 0 Å². The summed E-state index contributed by atoms with van der Waals surface area (Å²) in [6.07, 6.45) is 1.06. The summed E-state index contributed by atoms with van der Waals surface area (Å²) in [5.41, 5.74) is 2.63. The number of para-hydroxylation sites is 1. The first-order chi connectivity index (χ1) is 11.0. The molecule has 0 spiro atoms. The Kier molecular flexibility index (Phi) is 5.87. The number of hydrogen-bond donors (Lipinski definition) is 1. The molecule has 0 radical (unpaired) electrons. The van der Waals surface area contributed by atoms with Crippen LogP contribution in [0.15, 0.2) is 29.6 Å². The lowest BCUT2D eigenvalue weighted by Crippen LogP contribution is -2.36. The average molecular weight is 331 g/mol. The summed E-state index contributed by atoms with van der Waals surface area (Å²) in [4.78, 5) is 30.0. The minimum Gasteiger partial charge on any atom is -0.336 e. The standard InChI is InChI=1S/C17H21N3O2S/c1-4-13-7-5-6-8-15(13)19-16(21)10-20(3)17(22)9-14-11-23-12(2)18-14/h5-8,11H,4,9-10H2,1-3H3,(H,19,21). The summed E-state index contributed by atoms with van der Waals surface area (Å²) in [6, 6.07) is 7.68. The topological polar surface area (TPSA) is 62.3 Å². The van der Waals surface area contributed by atoms with Gasteiger partial charge in [0, 0.05) is 18.1 Å². The third-order valence-electron chi connectivity index (χ3n) is 3.48. The Morgan fingerprint density at radius 2 is 2.04 bits per heavy atom. The van der Waals surface area contributed by atoms with Gasteiger partial charge in [-0.2, -0.15) is 0 Å². The van der Waals surface area contributed by atoms with Gasteiger partial charge in [0.1, 0.15) is 0 Å². The third kappa shape index (κ3) is 4.89. The Labute approximate surface area is 140 Å². The molecule has 0 aliphatic carbocycles. The molecule has 5 nitrogen and oxygen atoms in total. The molecular formula is C17H21N3O2S. The van der Waals surface area contributed by atoms with Crippen molar-refractivity contribution in [3.8, 4) is 0 Å². The number of anilines is 1. The van der Waals surface area contributed by atoms with Crippen LogP contribution in [0, 0.1) is 6.92 Å². The summed E-state index contributed by atoms with van der Waals surface area (Å²) in [7, 11) is 1.63. The molecule has 122 valence electrons. The summed E-state index contributed by atoms with van der Waals surface area (Å²) in [5, 5.41) is 5.68. The van der Waals surface area contributed by atoms with Crippen molar-refractivity contribution in [3.63, 3.8) is 0 Å². The van der Waals surface area contributed by atoms with Crippen molar-refractivity contribution in [2.45, 2.75) is 26.7 Å². The van der Waals surface area contributed by atoms with E-state index < -0.39 is 0 Å². The average Bonchev–Trinajstić information content (AvgIpc) is 2.92. The fourth-order valence-electron chi connectivity index (χ4n) is 2.22. The molecule has 6 heteroatoms. The maximum Gasteiger partial charge on any atom is 0.243 e. The monoisotopic (exact) mass is 331 g/mol. The molecule has 0 aliphatic rings. The smallest absolute Gasteiger partial charge is 0.243 e. The van der Waals surface area contributed by atoms with Crippen molar-refractivity contribution < 1.29 is 9.59 Å². The normalized spacial score (nSPS) is 10.4. The Balaban J connectivity index is 1.90. The van der Waals surface area contributed by atoms with Crippen molar-refractivity contribution in [3.05, 3.63) is 45.9 Å². The van der Waals surface area contributed by atoms with Gasteiger partial charge in [0.2, 0.25) is 11.8 Å². The molecular weight excluding hydrogens is 310 g/mol. The minimum atomic E-state index is -0.198. The highest BCUT2D eigenvalue weighted by Crippen LogP contribution is 2.15. The number of nitrogens with zero attached hydrogens (tertiary/aromatic N) is 2. The van der Waals surface area contributed by atoms with E-state index in [0.29, 0.717) is 0 Å². The second-order valence-electron chi connectivity index (χ2n) is 5.34. The molecule has 0 atom stereocenters. The lowest BCUT2D eigenvalue weighted by Gasteiger charge is -2.17. The van der Waals surface area contributed by atoms with Crippen molar-refractivity contribution in [2.75, 3.05) is 18.9 Å². The van der Waals surface area contributed by atoms with Crippen LogP contribution in [0.25, 0.3) is 0 Å². The largest absolute Gasteiger partial charge is 0.336 e. The van der Waals surface area contributed by atoms with Crippen LogP contribution in [0.3, 0.4) is 0 Å². The van der Waals surface area contributed by atoms with E-state index in [2.05, 4.69) is 10.3 Å². The summed E-state index contributed by atoms with van der Waals surface area (Å²) >= 11 is 1.52. The number of hydrogen-bond acceptors (Lipinski definition) is 4. The predicted molar refractivity (Wildman–Crippen MR) is 92.6 cm³/mol. The maximum absolute atomic E-state index is 12.1. The van der Waals surface area contributed by atoms with Crippen LogP contribution in [0.1, 0.15) is 23.2 Å². The zero-order valence-electron chi connectivity index (χ0n) is 13.6. The number of rotatable bonds is 6. The minimum absolute atomic E-state index is 0.0278. The Hall–Kier alpha value is -2.21. The zero-order chi connectivity index (χ0) is 16.8. The number of benzene rings is 1. The number of carbonyl (C=O) groups excluding carboxylic acids is 2. The second-order valence-corrected chi connectivity index (χ2v) is 6.41. The summed E-state index contributed by atoms with van der Waals surface area (Å²) < 4.78 is 0. The Morgan fingerprint density at radius 3 is 2.70 bits per heavy atom. The molecule has 0 unspecified atom stereocenters. The highest BCUT2D eigenvalue weighted by atomic mass is 32.1. The SMILES string of the molecule is CCc1ccccc1NC(=O)CN(C)C(=O)Cc1csc(C)n1. The van der Waals surface area contributed by atoms with Crippen molar-refractivity contribution in [1.82, 2.24) is 9.88 Å². The molecule has 1 N–H and O–H groups in total. The number of nitrogens with one attached hydrogen (secondary N) is 1. The molecule has 0 bridgehead atoms. The van der Waals surface area contributed by atoms with E-state index in [9.17, 15) is 9.59 Å². The Morgan fingerprint density at radius 1 is 1.30 bits per heavy atom. The zero-order valence-corrected chi connectivity index (χ0v) is 14.4. The number of aromatic nitrogens is 1. The van der Waals surface area contributed by atoms with E-state index in [1.54, 1.807) is 7.05 Å². The molecule has 2 amide bonds. The molecule has 0 aliphatic heterocycles. The van der Waals surface area contributed by atoms with Crippen LogP contribution in [-0.2, 0) is 22.4 Å². The van der Waals surface area contributed by atoms with E-state index in [4.69, 9.17) is 0 Å². The molecule has 1 heterocycles. The molecule has 0 saturated carbocycles. The highest BCUT2D eigenvalue weighted by molar-refractivity contribution is 7.09. The van der Waals surface area contributed by atoms with Crippen molar-refractivity contribution >= 4 is 28.8 Å². The first-order valence-corrected chi connectivity index (χ1v) is 8.40. The number of aryl methyl sites for hydroxylation is 2. The van der Waals surface area contributed by atoms with Gasteiger partial charge in [0.25, 0.3) is 0 Å². The van der Waals surface area contributed by atoms with Gasteiger partial charge in [-0.15, -0.1) is 11.3 Å². The van der Waals surface area contributed by atoms with E-state index in [0.717, 1.165) is 28.4 Å². The van der Waals surface area contributed by atoms with E-state index in [1.807, 2.05) is 43.5 Å². The predicted octanol–water partition coefficient (Wildman–Crippen LogP) is 2.65. The van der Waals surface area contributed by atoms with Gasteiger partial charge in [-0.05, 0) is 25.0 Å². The number of thiazole rings is 1. The third-order valence-corrected chi connectivity index (χ3v) is 4.30. The summed E-state index contributed by atoms with van der Waals surface area (Å²) in [5.74, 6) is -0.314. The molecule has 1 aromatic heterocycles. The molecule has 2 rings (SSSR count). The molecule has 23 heavy (non-hydrogen) atoms. The van der Waals surface area contributed by atoms with Crippen molar-refractivity contribution in [2.24, 2.45) is 0 Å². The fourth-order valence-corrected chi connectivity index (χ4v) is 2.84. The first-order valence-electron chi connectivity index (χ1n) is 7.52. The lowest BCUT2D eigenvalue weighted by molar-refractivity contribution is -0.132. The van der Waals surface area contributed by atoms with Crippen LogP contribution in [0.2, 0.25) is 0 Å². The van der Waals surface area contributed by atoms with Gasteiger partial charge in [-0.1, -0.05) is 25.1 Å². The van der Waals surface area contributed by atoms with Gasteiger partial charge < -0.3 is 10.2 Å². The fraction of sp³-hybridized carbons (Fsp3) is 0.353. The van der Waals surface area contributed by atoms with E-state index in [1.165, 1.54) is 16.2 Å². The van der Waals surface area contributed by atoms with Gasteiger partial charge >= 0.3 is 0 Å². The first kappa shape index (κ1) is 17.1. The highest BCUT2D eigenvalue weighted by Gasteiger charge is 2.15. The van der Waals surface area contributed by atoms with Crippen LogP contribution in [0.4, 0.5) is 5.69 Å². The maximum atomic E-state index is 12.1. The van der Waals surface area contributed by atoms with E-state index >= 15 is 0 Å². The quantitative estimate of drug-likeness (QED) is 0.885. The molecule has 1 aromatic carbocycles. The number of amides is 2.